The van der Waals surface area contributed by atoms with Crippen molar-refractivity contribution >= 4 is 11.7 Å². The van der Waals surface area contributed by atoms with Crippen LogP contribution in [0.2, 0.25) is 0 Å². The molecule has 3 rings (SSSR count). The van der Waals surface area contributed by atoms with Crippen molar-refractivity contribution in [3.05, 3.63) is 70.3 Å². The standard InChI is InChI=1S/C25H34N4O2/c1-18-10-11-22(14-19(18)2)20(3)27-24(30)17-31-28-25(26)23-9-7-8-21(15-23)16-29-12-5-4-6-13-29/h7-11,14-15,20H,4-6,12-13,16-17H2,1-3H3,(H2,26,28)(H,27,30). The summed E-state index contributed by atoms with van der Waals surface area (Å²) < 4.78 is 0. The van der Waals surface area contributed by atoms with E-state index in [4.69, 9.17) is 10.6 Å². The van der Waals surface area contributed by atoms with Crippen molar-refractivity contribution in [1.82, 2.24) is 10.2 Å². The van der Waals surface area contributed by atoms with Gasteiger partial charge in [-0.25, -0.2) is 0 Å². The van der Waals surface area contributed by atoms with Gasteiger partial charge in [-0.05, 0) is 75.0 Å². The fourth-order valence-corrected chi connectivity index (χ4v) is 3.82. The lowest BCUT2D eigenvalue weighted by Gasteiger charge is -2.26. The number of aryl methyl sites for hydroxylation is 2. The molecule has 0 radical (unpaired) electrons. The number of nitrogens with two attached hydrogens (primary N) is 1. The monoisotopic (exact) mass is 422 g/mol. The van der Waals surface area contributed by atoms with Crippen LogP contribution in [0.5, 0.6) is 0 Å². The molecule has 1 aliphatic rings. The summed E-state index contributed by atoms with van der Waals surface area (Å²) in [5.41, 5.74) is 11.6. The molecule has 0 spiro atoms. The maximum atomic E-state index is 12.2. The van der Waals surface area contributed by atoms with Crippen molar-refractivity contribution in [2.75, 3.05) is 19.7 Å². The summed E-state index contributed by atoms with van der Waals surface area (Å²) in [6.45, 7) is 9.12. The van der Waals surface area contributed by atoms with E-state index in [0.29, 0.717) is 0 Å². The average Bonchev–Trinajstić information content (AvgIpc) is 2.76. The number of carbonyl (C=O) groups excluding carboxylic acids is 1. The Bertz CT molecular complexity index is 919. The molecule has 1 fully saturated rings. The molecule has 6 heteroatoms. The summed E-state index contributed by atoms with van der Waals surface area (Å²) in [6.07, 6.45) is 3.85. The number of likely N-dealkylation sites (tertiary alicyclic amines) is 1. The van der Waals surface area contributed by atoms with Gasteiger partial charge in [0.05, 0.1) is 6.04 Å². The lowest BCUT2D eigenvalue weighted by atomic mass is 10.0. The Morgan fingerprint density at radius 1 is 1.13 bits per heavy atom. The zero-order valence-electron chi connectivity index (χ0n) is 18.9. The minimum Gasteiger partial charge on any atom is -0.384 e. The number of amides is 1. The Kier molecular flexibility index (Phi) is 8.06. The number of rotatable bonds is 8. The van der Waals surface area contributed by atoms with Crippen molar-refractivity contribution in [3.8, 4) is 0 Å². The van der Waals surface area contributed by atoms with E-state index >= 15 is 0 Å². The third-order valence-corrected chi connectivity index (χ3v) is 5.84. The minimum atomic E-state index is -0.235. The van der Waals surface area contributed by atoms with Crippen molar-refractivity contribution in [2.24, 2.45) is 10.9 Å². The fraction of sp³-hybridized carbons (Fsp3) is 0.440. The summed E-state index contributed by atoms with van der Waals surface area (Å²) in [5, 5.41) is 6.88. The Balaban J connectivity index is 1.50. The van der Waals surface area contributed by atoms with E-state index in [-0.39, 0.29) is 24.4 Å². The molecule has 166 valence electrons. The van der Waals surface area contributed by atoms with Crippen LogP contribution in [-0.2, 0) is 16.2 Å². The number of piperidine rings is 1. The summed E-state index contributed by atoms with van der Waals surface area (Å²) in [5.74, 6) is 0.0385. The third-order valence-electron chi connectivity index (χ3n) is 5.84. The number of hydrogen-bond donors (Lipinski definition) is 2. The first kappa shape index (κ1) is 22.8. The van der Waals surface area contributed by atoms with E-state index in [9.17, 15) is 4.79 Å². The molecule has 1 saturated heterocycles. The average molecular weight is 423 g/mol. The molecule has 0 bridgehead atoms. The topological polar surface area (TPSA) is 79.9 Å². The number of oxime groups is 1. The number of carbonyl (C=O) groups is 1. The maximum absolute atomic E-state index is 12.2. The normalized spacial score (nSPS) is 16.0. The summed E-state index contributed by atoms with van der Waals surface area (Å²) >= 11 is 0. The molecule has 1 heterocycles. The second-order valence-corrected chi connectivity index (χ2v) is 8.42. The lowest BCUT2D eigenvalue weighted by molar-refractivity contribution is -0.126. The largest absolute Gasteiger partial charge is 0.384 e. The highest BCUT2D eigenvalue weighted by Gasteiger charge is 2.12. The number of hydrogen-bond acceptors (Lipinski definition) is 4. The van der Waals surface area contributed by atoms with Crippen molar-refractivity contribution in [1.29, 1.82) is 0 Å². The van der Waals surface area contributed by atoms with Crippen molar-refractivity contribution in [2.45, 2.75) is 52.6 Å². The highest BCUT2D eigenvalue weighted by Crippen LogP contribution is 2.17. The smallest absolute Gasteiger partial charge is 0.261 e. The predicted molar refractivity (Wildman–Crippen MR) is 125 cm³/mol. The molecule has 31 heavy (non-hydrogen) atoms. The van der Waals surface area contributed by atoms with Gasteiger partial charge in [-0.15, -0.1) is 0 Å². The Hall–Kier alpha value is -2.86. The Morgan fingerprint density at radius 3 is 2.65 bits per heavy atom. The highest BCUT2D eigenvalue weighted by molar-refractivity contribution is 5.97. The van der Waals surface area contributed by atoms with Crippen LogP contribution in [0.15, 0.2) is 47.6 Å². The van der Waals surface area contributed by atoms with Crippen LogP contribution < -0.4 is 11.1 Å². The number of benzene rings is 2. The SMILES string of the molecule is Cc1ccc(C(C)NC(=O)CON=C(N)c2cccc(CN3CCCCC3)c2)cc1C. The van der Waals surface area contributed by atoms with Gasteiger partial charge in [-0.2, -0.15) is 0 Å². The van der Waals surface area contributed by atoms with Gasteiger partial charge in [-0.3, -0.25) is 9.69 Å². The van der Waals surface area contributed by atoms with Crippen molar-refractivity contribution < 1.29 is 9.63 Å². The van der Waals surface area contributed by atoms with Gasteiger partial charge in [0.2, 0.25) is 0 Å². The quantitative estimate of drug-likeness (QED) is 0.385. The molecule has 1 amide bonds. The first-order chi connectivity index (χ1) is 14.9. The zero-order chi connectivity index (χ0) is 22.2. The van der Waals surface area contributed by atoms with E-state index in [1.165, 1.54) is 36.0 Å². The van der Waals surface area contributed by atoms with Crippen molar-refractivity contribution in [3.63, 3.8) is 0 Å². The predicted octanol–water partition coefficient (Wildman–Crippen LogP) is 3.80. The van der Waals surface area contributed by atoms with Gasteiger partial charge in [0, 0.05) is 12.1 Å². The van der Waals surface area contributed by atoms with Crippen LogP contribution >= 0.6 is 0 Å². The van der Waals surface area contributed by atoms with Crippen LogP contribution in [0.25, 0.3) is 0 Å². The van der Waals surface area contributed by atoms with E-state index in [2.05, 4.69) is 47.4 Å². The van der Waals surface area contributed by atoms with Gasteiger partial charge in [0.25, 0.3) is 5.91 Å². The first-order valence-electron chi connectivity index (χ1n) is 11.1. The fourth-order valence-electron chi connectivity index (χ4n) is 3.82. The second-order valence-electron chi connectivity index (χ2n) is 8.42. The van der Waals surface area contributed by atoms with Gasteiger partial charge >= 0.3 is 0 Å². The first-order valence-corrected chi connectivity index (χ1v) is 11.1. The maximum Gasteiger partial charge on any atom is 0.261 e. The molecule has 3 N–H and O–H groups in total. The Morgan fingerprint density at radius 2 is 1.90 bits per heavy atom. The number of nitrogens with one attached hydrogen (secondary N) is 1. The summed E-state index contributed by atoms with van der Waals surface area (Å²) in [7, 11) is 0. The molecule has 2 aromatic rings. The number of amidine groups is 1. The van der Waals surface area contributed by atoms with Gasteiger partial charge < -0.3 is 15.9 Å². The van der Waals surface area contributed by atoms with E-state index < -0.39 is 0 Å². The highest BCUT2D eigenvalue weighted by atomic mass is 16.6. The minimum absolute atomic E-state index is 0.108. The van der Waals surface area contributed by atoms with E-state index in [1.54, 1.807) is 0 Å². The molecule has 0 aromatic heterocycles. The van der Waals surface area contributed by atoms with Gasteiger partial charge in [-0.1, -0.05) is 48.0 Å². The van der Waals surface area contributed by atoms with Crippen LogP contribution in [0.1, 0.15) is 60.0 Å². The summed E-state index contributed by atoms with van der Waals surface area (Å²) in [4.78, 5) is 19.9. The zero-order valence-corrected chi connectivity index (χ0v) is 18.9. The van der Waals surface area contributed by atoms with Gasteiger partial charge in [0.15, 0.2) is 12.4 Å². The molecule has 0 saturated carbocycles. The molecular weight excluding hydrogens is 388 g/mol. The molecule has 2 aromatic carbocycles. The van der Waals surface area contributed by atoms with Gasteiger partial charge in [0.1, 0.15) is 0 Å². The molecule has 6 nitrogen and oxygen atoms in total. The van der Waals surface area contributed by atoms with E-state index in [1.807, 2.05) is 31.2 Å². The van der Waals surface area contributed by atoms with Crippen LogP contribution in [0, 0.1) is 13.8 Å². The van der Waals surface area contributed by atoms with Crippen LogP contribution in [0.3, 0.4) is 0 Å². The van der Waals surface area contributed by atoms with Crippen LogP contribution in [-0.4, -0.2) is 36.3 Å². The van der Waals surface area contributed by atoms with E-state index in [0.717, 1.165) is 30.8 Å². The Labute approximate surface area is 185 Å². The third kappa shape index (κ3) is 6.82. The molecule has 1 unspecified atom stereocenters. The summed E-state index contributed by atoms with van der Waals surface area (Å²) in [6, 6.07) is 14.1. The molecule has 1 atom stereocenters. The molecule has 0 aliphatic carbocycles. The number of nitrogens with zero attached hydrogens (tertiary/aromatic N) is 2. The molecular formula is C25H34N4O2. The lowest BCUT2D eigenvalue weighted by Crippen LogP contribution is -2.30. The second kappa shape index (κ2) is 11.0. The molecule has 1 aliphatic heterocycles. The van der Waals surface area contributed by atoms with Crippen LogP contribution in [0.4, 0.5) is 0 Å².